The number of aliphatic carboxylic acids is 1. The lowest BCUT2D eigenvalue weighted by Crippen LogP contribution is -2.13. The zero-order valence-corrected chi connectivity index (χ0v) is 20.0. The fraction of sp³-hybridized carbons (Fsp3) is 0.192. The average Bonchev–Trinajstić information content (AvgIpc) is 2.87. The Kier molecular flexibility index (Phi) is 8.74. The summed E-state index contributed by atoms with van der Waals surface area (Å²) >= 11 is 1.39. The first-order valence-electron chi connectivity index (χ1n) is 10.9. The first-order chi connectivity index (χ1) is 16.8. The van der Waals surface area contributed by atoms with Crippen LogP contribution in [0.5, 0.6) is 0 Å². The van der Waals surface area contributed by atoms with Gasteiger partial charge in [0.05, 0.1) is 18.0 Å². The normalized spacial score (nSPS) is 11.2. The van der Waals surface area contributed by atoms with E-state index in [9.17, 15) is 19.5 Å². The number of carbonyl (C=O) groups excluding carboxylic acids is 2. The van der Waals surface area contributed by atoms with Gasteiger partial charge in [0.2, 0.25) is 0 Å². The van der Waals surface area contributed by atoms with Crippen LogP contribution >= 0.6 is 11.8 Å². The highest BCUT2D eigenvalue weighted by Crippen LogP contribution is 2.29. The van der Waals surface area contributed by atoms with Gasteiger partial charge in [-0.05, 0) is 18.9 Å². The number of carboxylic acids is 1. The number of aryl methyl sites for hydroxylation is 1. The van der Waals surface area contributed by atoms with Gasteiger partial charge in [-0.1, -0.05) is 73.3 Å². The Morgan fingerprint density at radius 3 is 2.26 bits per heavy atom. The number of hydrogen-bond acceptors (Lipinski definition) is 8. The van der Waals surface area contributed by atoms with Gasteiger partial charge in [-0.2, -0.15) is 0 Å². The smallest absolute Gasteiger partial charge is 0.376 e. The third kappa shape index (κ3) is 6.54. The van der Waals surface area contributed by atoms with E-state index in [1.807, 2.05) is 37.3 Å². The quantitative estimate of drug-likeness (QED) is 0.103. The molecule has 0 saturated carbocycles. The van der Waals surface area contributed by atoms with Crippen LogP contribution in [0.25, 0.3) is 17.0 Å². The Hall–Kier alpha value is -3.98. The second kappa shape index (κ2) is 11.9. The van der Waals surface area contributed by atoms with Gasteiger partial charge in [0, 0.05) is 23.0 Å². The van der Waals surface area contributed by atoms with Crippen molar-refractivity contribution in [3.05, 3.63) is 83.1 Å². The number of carbonyl (C=O) groups is 3. The van der Waals surface area contributed by atoms with Gasteiger partial charge in [0.15, 0.2) is 5.16 Å². The van der Waals surface area contributed by atoms with E-state index < -0.39 is 23.5 Å². The molecular formula is C26H24N2O6S. The first kappa shape index (κ1) is 25.6. The van der Waals surface area contributed by atoms with Crippen molar-refractivity contribution in [3.63, 3.8) is 0 Å². The molecule has 0 aliphatic carbocycles. The number of benzene rings is 2. The second-order valence-electron chi connectivity index (χ2n) is 7.30. The van der Waals surface area contributed by atoms with Crippen molar-refractivity contribution in [1.29, 1.82) is 0 Å². The number of esters is 1. The van der Waals surface area contributed by atoms with Crippen molar-refractivity contribution in [1.82, 2.24) is 9.97 Å². The number of ether oxygens (including phenoxy) is 1. The minimum atomic E-state index is -1.64. The summed E-state index contributed by atoms with van der Waals surface area (Å²) in [6.07, 6.45) is 1.20. The molecule has 9 heteroatoms. The number of ketones is 1. The highest BCUT2D eigenvalue weighted by atomic mass is 32.2. The number of thioether (sulfide) groups is 1. The van der Waals surface area contributed by atoms with Crippen molar-refractivity contribution in [3.8, 4) is 11.3 Å². The SMILES string of the molecule is CCOC(=O)c1c(CC)nc(SCc2ccc(/C(O)=C/C(=O)C(=O)O)cc2)nc1-c1ccccc1. The van der Waals surface area contributed by atoms with Gasteiger partial charge in [0.25, 0.3) is 5.78 Å². The van der Waals surface area contributed by atoms with Crippen LogP contribution < -0.4 is 0 Å². The Morgan fingerprint density at radius 2 is 1.66 bits per heavy atom. The van der Waals surface area contributed by atoms with Crippen LogP contribution in [0.3, 0.4) is 0 Å². The van der Waals surface area contributed by atoms with Gasteiger partial charge in [-0.25, -0.2) is 19.6 Å². The highest BCUT2D eigenvalue weighted by molar-refractivity contribution is 7.98. The van der Waals surface area contributed by atoms with Crippen LogP contribution in [0.2, 0.25) is 0 Å². The van der Waals surface area contributed by atoms with E-state index in [-0.39, 0.29) is 6.61 Å². The molecule has 0 aliphatic heterocycles. The van der Waals surface area contributed by atoms with Crippen LogP contribution in [0.4, 0.5) is 0 Å². The Bertz CT molecular complexity index is 1260. The van der Waals surface area contributed by atoms with Crippen molar-refractivity contribution >= 4 is 35.2 Å². The molecule has 0 amide bonds. The van der Waals surface area contributed by atoms with Gasteiger partial charge >= 0.3 is 11.9 Å². The zero-order valence-electron chi connectivity index (χ0n) is 19.2. The molecule has 0 aliphatic rings. The molecule has 0 radical (unpaired) electrons. The van der Waals surface area contributed by atoms with E-state index >= 15 is 0 Å². The lowest BCUT2D eigenvalue weighted by atomic mass is 10.0. The third-order valence-corrected chi connectivity index (χ3v) is 5.84. The summed E-state index contributed by atoms with van der Waals surface area (Å²) in [5.74, 6) is -3.21. The predicted octanol–water partition coefficient (Wildman–Crippen LogP) is 4.73. The lowest BCUT2D eigenvalue weighted by molar-refractivity contribution is -0.146. The van der Waals surface area contributed by atoms with Gasteiger partial charge in [-0.3, -0.25) is 4.79 Å². The monoisotopic (exact) mass is 492 g/mol. The highest BCUT2D eigenvalue weighted by Gasteiger charge is 2.22. The topological polar surface area (TPSA) is 127 Å². The Labute approximate surface area is 206 Å². The summed E-state index contributed by atoms with van der Waals surface area (Å²) in [5, 5.41) is 19.1. The molecule has 3 rings (SSSR count). The fourth-order valence-corrected chi connectivity index (χ4v) is 4.04. The van der Waals surface area contributed by atoms with Crippen molar-refractivity contribution in [2.75, 3.05) is 6.61 Å². The predicted molar refractivity (Wildman–Crippen MR) is 132 cm³/mol. The van der Waals surface area contributed by atoms with Crippen LogP contribution in [0.1, 0.15) is 41.0 Å². The van der Waals surface area contributed by atoms with Crippen LogP contribution in [-0.2, 0) is 26.5 Å². The van der Waals surface area contributed by atoms with E-state index in [0.29, 0.717) is 45.9 Å². The number of rotatable bonds is 10. The molecule has 0 spiro atoms. The minimum absolute atomic E-state index is 0.248. The summed E-state index contributed by atoms with van der Waals surface area (Å²) in [5.41, 5.74) is 3.50. The minimum Gasteiger partial charge on any atom is -0.507 e. The second-order valence-corrected chi connectivity index (χ2v) is 8.24. The van der Waals surface area contributed by atoms with E-state index in [1.165, 1.54) is 11.8 Å². The maximum absolute atomic E-state index is 12.7. The molecule has 2 aromatic carbocycles. The van der Waals surface area contributed by atoms with Crippen molar-refractivity contribution < 1.29 is 29.3 Å². The summed E-state index contributed by atoms with van der Waals surface area (Å²) < 4.78 is 5.26. The van der Waals surface area contributed by atoms with E-state index in [1.54, 1.807) is 31.2 Å². The molecule has 0 unspecified atom stereocenters. The van der Waals surface area contributed by atoms with Gasteiger partial charge in [0.1, 0.15) is 11.3 Å². The Morgan fingerprint density at radius 1 is 0.971 bits per heavy atom. The molecular weight excluding hydrogens is 468 g/mol. The van der Waals surface area contributed by atoms with E-state index in [2.05, 4.69) is 9.97 Å². The number of carboxylic acid groups (broad SMARTS) is 1. The number of aliphatic hydroxyl groups is 1. The zero-order chi connectivity index (χ0) is 25.4. The van der Waals surface area contributed by atoms with Crippen molar-refractivity contribution in [2.24, 2.45) is 0 Å². The molecule has 8 nitrogen and oxygen atoms in total. The molecule has 2 N–H and O–H groups in total. The fourth-order valence-electron chi connectivity index (χ4n) is 3.22. The molecule has 0 bridgehead atoms. The van der Waals surface area contributed by atoms with Gasteiger partial charge in [-0.15, -0.1) is 0 Å². The average molecular weight is 493 g/mol. The van der Waals surface area contributed by atoms with Crippen LogP contribution in [0.15, 0.2) is 65.8 Å². The number of aromatic nitrogens is 2. The number of hydrogen-bond donors (Lipinski definition) is 2. The molecule has 0 saturated heterocycles. The molecule has 0 fully saturated rings. The number of aliphatic hydroxyl groups excluding tert-OH is 1. The summed E-state index contributed by atoms with van der Waals surface area (Å²) in [6.45, 7) is 3.92. The largest absolute Gasteiger partial charge is 0.507 e. The Balaban J connectivity index is 1.86. The van der Waals surface area contributed by atoms with E-state index in [4.69, 9.17) is 9.84 Å². The molecule has 180 valence electrons. The standard InChI is InChI=1S/C26H24N2O6S/c1-3-19-22(25(33)34-4-2)23(18-8-6-5-7-9-18)28-26(27-19)35-15-16-10-12-17(13-11-16)20(29)14-21(30)24(31)32/h5-14,29H,3-4,15H2,1-2H3,(H,31,32)/b20-14-. The molecule has 35 heavy (non-hydrogen) atoms. The summed E-state index contributed by atoms with van der Waals surface area (Å²) in [4.78, 5) is 43.9. The lowest BCUT2D eigenvalue weighted by Gasteiger charge is -2.14. The molecule has 0 atom stereocenters. The summed E-state index contributed by atoms with van der Waals surface area (Å²) in [7, 11) is 0. The van der Waals surface area contributed by atoms with Gasteiger partial charge < -0.3 is 14.9 Å². The molecule has 1 aromatic heterocycles. The molecule has 1 heterocycles. The first-order valence-corrected chi connectivity index (χ1v) is 11.9. The van der Waals surface area contributed by atoms with Crippen molar-refractivity contribution in [2.45, 2.75) is 31.2 Å². The van der Waals surface area contributed by atoms with Crippen LogP contribution in [-0.4, -0.2) is 44.5 Å². The van der Waals surface area contributed by atoms with E-state index in [0.717, 1.165) is 11.1 Å². The number of nitrogens with zero attached hydrogens (tertiary/aromatic N) is 2. The molecule has 3 aromatic rings. The summed E-state index contributed by atoms with van der Waals surface area (Å²) in [6, 6.07) is 16.1. The third-order valence-electron chi connectivity index (χ3n) is 4.92. The maximum atomic E-state index is 12.7. The maximum Gasteiger partial charge on any atom is 0.376 e. The van der Waals surface area contributed by atoms with Crippen LogP contribution in [0, 0.1) is 0 Å².